The zero-order valence-corrected chi connectivity index (χ0v) is 10.6. The molecule has 18 heavy (non-hydrogen) atoms. The summed E-state index contributed by atoms with van der Waals surface area (Å²) in [5.41, 5.74) is 7.75. The van der Waals surface area contributed by atoms with Crippen LogP contribution in [0.3, 0.4) is 0 Å². The highest BCUT2D eigenvalue weighted by molar-refractivity contribution is 5.76. The van der Waals surface area contributed by atoms with E-state index in [-0.39, 0.29) is 11.9 Å². The molecule has 3 rings (SSSR count). The van der Waals surface area contributed by atoms with Gasteiger partial charge in [-0.05, 0) is 38.3 Å². The SMILES string of the molecule is CCn1c([C@@H]2CC[C@H](N)C2)nc2cc(F)ccc21. The highest BCUT2D eigenvalue weighted by atomic mass is 19.1. The summed E-state index contributed by atoms with van der Waals surface area (Å²) in [6.07, 6.45) is 3.14. The lowest BCUT2D eigenvalue weighted by Crippen LogP contribution is -2.15. The van der Waals surface area contributed by atoms with E-state index in [1.54, 1.807) is 0 Å². The van der Waals surface area contributed by atoms with E-state index in [0.717, 1.165) is 42.7 Å². The Labute approximate surface area is 106 Å². The second-order valence-corrected chi connectivity index (χ2v) is 5.12. The molecule has 0 radical (unpaired) electrons. The minimum Gasteiger partial charge on any atom is -0.328 e. The molecule has 2 atom stereocenters. The maximum absolute atomic E-state index is 13.3. The number of hydrogen-bond donors (Lipinski definition) is 1. The third kappa shape index (κ3) is 1.81. The van der Waals surface area contributed by atoms with Gasteiger partial charge in [-0.15, -0.1) is 0 Å². The van der Waals surface area contributed by atoms with E-state index < -0.39 is 0 Å². The van der Waals surface area contributed by atoms with Crippen LogP contribution in [0.25, 0.3) is 11.0 Å². The molecule has 96 valence electrons. The van der Waals surface area contributed by atoms with E-state index in [1.807, 2.05) is 6.07 Å². The maximum Gasteiger partial charge on any atom is 0.125 e. The monoisotopic (exact) mass is 247 g/mol. The van der Waals surface area contributed by atoms with Crippen LogP contribution in [-0.2, 0) is 6.54 Å². The lowest BCUT2D eigenvalue weighted by atomic mass is 10.1. The third-order valence-corrected chi connectivity index (χ3v) is 3.89. The van der Waals surface area contributed by atoms with Crippen LogP contribution < -0.4 is 5.73 Å². The first kappa shape index (κ1) is 11.7. The van der Waals surface area contributed by atoms with E-state index >= 15 is 0 Å². The summed E-state index contributed by atoms with van der Waals surface area (Å²) in [5, 5.41) is 0. The molecule has 0 amide bonds. The Bertz CT molecular complexity index is 576. The minimum absolute atomic E-state index is 0.224. The Morgan fingerprint density at radius 1 is 1.44 bits per heavy atom. The second-order valence-electron chi connectivity index (χ2n) is 5.12. The van der Waals surface area contributed by atoms with Crippen LogP contribution in [0.5, 0.6) is 0 Å². The molecule has 1 aromatic carbocycles. The average Bonchev–Trinajstić information content (AvgIpc) is 2.91. The molecule has 0 spiro atoms. The number of halogens is 1. The molecular formula is C14H18FN3. The molecule has 1 aliphatic carbocycles. The highest BCUT2D eigenvalue weighted by Gasteiger charge is 2.27. The van der Waals surface area contributed by atoms with Crippen LogP contribution in [0.15, 0.2) is 18.2 Å². The third-order valence-electron chi connectivity index (χ3n) is 3.89. The molecule has 1 fully saturated rings. The van der Waals surface area contributed by atoms with E-state index in [9.17, 15) is 4.39 Å². The van der Waals surface area contributed by atoms with Gasteiger partial charge < -0.3 is 10.3 Å². The predicted octanol–water partition coefficient (Wildman–Crippen LogP) is 2.79. The van der Waals surface area contributed by atoms with Gasteiger partial charge in [-0.25, -0.2) is 9.37 Å². The van der Waals surface area contributed by atoms with Gasteiger partial charge in [0.25, 0.3) is 0 Å². The zero-order chi connectivity index (χ0) is 12.7. The largest absolute Gasteiger partial charge is 0.328 e. The molecule has 1 aliphatic rings. The molecule has 0 bridgehead atoms. The van der Waals surface area contributed by atoms with Gasteiger partial charge >= 0.3 is 0 Å². The van der Waals surface area contributed by atoms with Crippen LogP contribution in [0, 0.1) is 5.82 Å². The lowest BCUT2D eigenvalue weighted by Gasteiger charge is -2.11. The van der Waals surface area contributed by atoms with Gasteiger partial charge in [0.15, 0.2) is 0 Å². The Morgan fingerprint density at radius 3 is 2.94 bits per heavy atom. The van der Waals surface area contributed by atoms with Crippen LogP contribution in [0.4, 0.5) is 4.39 Å². The number of nitrogens with zero attached hydrogens (tertiary/aromatic N) is 2. The normalized spacial score (nSPS) is 23.9. The Hall–Kier alpha value is -1.42. The fourth-order valence-corrected chi connectivity index (χ4v) is 3.02. The van der Waals surface area contributed by atoms with Crippen molar-refractivity contribution in [3.8, 4) is 0 Å². The molecule has 0 saturated heterocycles. The first-order chi connectivity index (χ1) is 8.69. The summed E-state index contributed by atoms with van der Waals surface area (Å²) in [4.78, 5) is 4.63. The highest BCUT2D eigenvalue weighted by Crippen LogP contribution is 2.34. The summed E-state index contributed by atoms with van der Waals surface area (Å²) in [5.74, 6) is 1.28. The van der Waals surface area contributed by atoms with Crippen molar-refractivity contribution in [3.05, 3.63) is 29.8 Å². The standard InChI is InChI=1S/C14H18FN3/c1-2-18-13-6-4-10(15)8-12(13)17-14(18)9-3-5-11(16)7-9/h4,6,8-9,11H,2-3,5,7,16H2,1H3/t9-,11+/m1/s1. The number of nitrogens with two attached hydrogens (primary N) is 1. The molecule has 1 aromatic heterocycles. The van der Waals surface area contributed by atoms with Crippen LogP contribution >= 0.6 is 0 Å². The van der Waals surface area contributed by atoms with Crippen LogP contribution in [0.1, 0.15) is 37.9 Å². The van der Waals surface area contributed by atoms with Crippen molar-refractivity contribution in [2.24, 2.45) is 5.73 Å². The lowest BCUT2D eigenvalue weighted by molar-refractivity contribution is 0.598. The van der Waals surface area contributed by atoms with Gasteiger partial charge in [0, 0.05) is 24.6 Å². The van der Waals surface area contributed by atoms with E-state index in [0.29, 0.717) is 5.92 Å². The van der Waals surface area contributed by atoms with Gasteiger partial charge in [-0.3, -0.25) is 0 Å². The summed E-state index contributed by atoms with van der Waals surface area (Å²) in [7, 11) is 0. The van der Waals surface area contributed by atoms with Crippen molar-refractivity contribution in [2.45, 2.75) is 44.7 Å². The molecular weight excluding hydrogens is 229 g/mol. The van der Waals surface area contributed by atoms with Crippen LogP contribution in [0.2, 0.25) is 0 Å². The van der Waals surface area contributed by atoms with Crippen molar-refractivity contribution >= 4 is 11.0 Å². The molecule has 2 aromatic rings. The zero-order valence-electron chi connectivity index (χ0n) is 10.6. The molecule has 4 heteroatoms. The van der Waals surface area contributed by atoms with Crippen LogP contribution in [-0.4, -0.2) is 15.6 Å². The number of imidazole rings is 1. The van der Waals surface area contributed by atoms with Gasteiger partial charge in [-0.2, -0.15) is 0 Å². The summed E-state index contributed by atoms with van der Waals surface area (Å²) in [6.45, 7) is 2.96. The fraction of sp³-hybridized carbons (Fsp3) is 0.500. The molecule has 3 nitrogen and oxygen atoms in total. The molecule has 1 saturated carbocycles. The minimum atomic E-state index is -0.224. The number of aromatic nitrogens is 2. The van der Waals surface area contributed by atoms with Gasteiger partial charge in [0.05, 0.1) is 11.0 Å². The fourth-order valence-electron chi connectivity index (χ4n) is 3.02. The molecule has 0 aliphatic heterocycles. The smallest absolute Gasteiger partial charge is 0.125 e. The first-order valence-electron chi connectivity index (χ1n) is 6.60. The van der Waals surface area contributed by atoms with Crippen molar-refractivity contribution < 1.29 is 4.39 Å². The van der Waals surface area contributed by atoms with Crippen molar-refractivity contribution in [1.82, 2.24) is 9.55 Å². The van der Waals surface area contributed by atoms with E-state index in [1.165, 1.54) is 12.1 Å². The maximum atomic E-state index is 13.3. The number of fused-ring (bicyclic) bond motifs is 1. The van der Waals surface area contributed by atoms with E-state index in [2.05, 4.69) is 16.5 Å². The van der Waals surface area contributed by atoms with Crippen molar-refractivity contribution in [1.29, 1.82) is 0 Å². The number of rotatable bonds is 2. The number of hydrogen-bond acceptors (Lipinski definition) is 2. The number of aryl methyl sites for hydroxylation is 1. The quantitative estimate of drug-likeness (QED) is 0.886. The predicted molar refractivity (Wildman–Crippen MR) is 69.9 cm³/mol. The Kier molecular flexibility index (Phi) is 2.82. The van der Waals surface area contributed by atoms with Gasteiger partial charge in [0.1, 0.15) is 11.6 Å². The van der Waals surface area contributed by atoms with Crippen molar-refractivity contribution in [3.63, 3.8) is 0 Å². The molecule has 2 N–H and O–H groups in total. The molecule has 0 unspecified atom stereocenters. The topological polar surface area (TPSA) is 43.8 Å². The second kappa shape index (κ2) is 4.35. The average molecular weight is 247 g/mol. The van der Waals surface area contributed by atoms with Gasteiger partial charge in [-0.1, -0.05) is 0 Å². The number of benzene rings is 1. The summed E-state index contributed by atoms with van der Waals surface area (Å²) in [6, 6.07) is 5.12. The van der Waals surface area contributed by atoms with Crippen molar-refractivity contribution in [2.75, 3.05) is 0 Å². The summed E-state index contributed by atoms with van der Waals surface area (Å²) < 4.78 is 15.4. The van der Waals surface area contributed by atoms with E-state index in [4.69, 9.17) is 5.73 Å². The first-order valence-corrected chi connectivity index (χ1v) is 6.60. The van der Waals surface area contributed by atoms with Gasteiger partial charge in [0.2, 0.25) is 0 Å². The Morgan fingerprint density at radius 2 is 2.28 bits per heavy atom. The summed E-state index contributed by atoms with van der Waals surface area (Å²) >= 11 is 0. The Balaban J connectivity index is 2.10. The molecule has 1 heterocycles.